The Morgan fingerprint density at radius 3 is 2.90 bits per heavy atom. The summed E-state index contributed by atoms with van der Waals surface area (Å²) in [6.07, 6.45) is 1.19. The van der Waals surface area contributed by atoms with Crippen molar-refractivity contribution in [3.63, 3.8) is 0 Å². The van der Waals surface area contributed by atoms with Crippen molar-refractivity contribution in [1.82, 2.24) is 0 Å². The van der Waals surface area contributed by atoms with Gasteiger partial charge in [0, 0.05) is 17.9 Å². The van der Waals surface area contributed by atoms with Gasteiger partial charge in [-0.2, -0.15) is 11.8 Å². The van der Waals surface area contributed by atoms with E-state index in [9.17, 15) is 0 Å². The van der Waals surface area contributed by atoms with E-state index in [1.54, 1.807) is 0 Å². The summed E-state index contributed by atoms with van der Waals surface area (Å²) < 4.78 is 16.8. The van der Waals surface area contributed by atoms with Crippen LogP contribution in [0.25, 0.3) is 0 Å². The zero-order valence-corrected chi connectivity index (χ0v) is 13.6. The average Bonchev–Trinajstić information content (AvgIpc) is 2.63. The summed E-state index contributed by atoms with van der Waals surface area (Å²) in [6.45, 7) is 6.22. The van der Waals surface area contributed by atoms with E-state index in [0.29, 0.717) is 30.1 Å². The zero-order chi connectivity index (χ0) is 14.4. The largest absolute Gasteiger partial charge is 0.489 e. The standard InChI is InChI=1S/C15H21ClO3S/c1-11(2)17-6-7-20-10-12-8-13(16)15-14(9-12)18-4-3-5-19-15/h8-9,11H,3-7,10H2,1-2H3. The number of hydrogen-bond acceptors (Lipinski definition) is 4. The molecule has 0 N–H and O–H groups in total. The summed E-state index contributed by atoms with van der Waals surface area (Å²) in [5, 5.41) is 0.637. The second kappa shape index (κ2) is 8.01. The lowest BCUT2D eigenvalue weighted by atomic mass is 10.2. The van der Waals surface area contributed by atoms with Crippen molar-refractivity contribution in [2.24, 2.45) is 0 Å². The normalized spacial score (nSPS) is 14.4. The van der Waals surface area contributed by atoms with E-state index in [-0.39, 0.29) is 0 Å². The third-order valence-electron chi connectivity index (χ3n) is 2.81. The second-order valence-corrected chi connectivity index (χ2v) is 6.44. The molecule has 0 amide bonds. The van der Waals surface area contributed by atoms with E-state index < -0.39 is 0 Å². The summed E-state index contributed by atoms with van der Waals surface area (Å²) in [5.74, 6) is 3.33. The van der Waals surface area contributed by atoms with Crippen LogP contribution in [-0.4, -0.2) is 31.7 Å². The van der Waals surface area contributed by atoms with Crippen LogP contribution in [0.3, 0.4) is 0 Å². The number of ether oxygens (including phenoxy) is 3. The van der Waals surface area contributed by atoms with Crippen LogP contribution < -0.4 is 9.47 Å². The molecule has 0 saturated carbocycles. The van der Waals surface area contributed by atoms with Crippen molar-refractivity contribution in [3.05, 3.63) is 22.7 Å². The van der Waals surface area contributed by atoms with Gasteiger partial charge in [-0.25, -0.2) is 0 Å². The van der Waals surface area contributed by atoms with Crippen LogP contribution >= 0.6 is 23.4 Å². The Balaban J connectivity index is 1.89. The van der Waals surface area contributed by atoms with Gasteiger partial charge in [-0.05, 0) is 31.5 Å². The predicted molar refractivity (Wildman–Crippen MR) is 84.3 cm³/mol. The number of halogens is 1. The Bertz CT molecular complexity index is 437. The minimum Gasteiger partial charge on any atom is -0.489 e. The molecular weight excluding hydrogens is 296 g/mol. The van der Waals surface area contributed by atoms with Gasteiger partial charge in [0.1, 0.15) is 0 Å². The van der Waals surface area contributed by atoms with E-state index in [4.69, 9.17) is 25.8 Å². The molecule has 0 aliphatic carbocycles. The van der Waals surface area contributed by atoms with Gasteiger partial charge in [0.15, 0.2) is 11.5 Å². The quantitative estimate of drug-likeness (QED) is 0.737. The van der Waals surface area contributed by atoms with Crippen LogP contribution in [0.5, 0.6) is 11.5 Å². The van der Waals surface area contributed by atoms with Crippen LogP contribution in [-0.2, 0) is 10.5 Å². The first-order chi connectivity index (χ1) is 9.66. The molecule has 0 fully saturated rings. The molecule has 5 heteroatoms. The minimum atomic E-state index is 0.295. The van der Waals surface area contributed by atoms with Gasteiger partial charge < -0.3 is 14.2 Å². The zero-order valence-electron chi connectivity index (χ0n) is 12.0. The molecule has 0 radical (unpaired) electrons. The van der Waals surface area contributed by atoms with Crippen LogP contribution in [0.4, 0.5) is 0 Å². The summed E-state index contributed by atoms with van der Waals surface area (Å²) in [6, 6.07) is 3.99. The molecular formula is C15H21ClO3S. The number of benzene rings is 1. The summed E-state index contributed by atoms with van der Waals surface area (Å²) >= 11 is 8.10. The van der Waals surface area contributed by atoms with Gasteiger partial charge in [0.25, 0.3) is 0 Å². The third kappa shape index (κ3) is 4.76. The first kappa shape index (κ1) is 15.8. The average molecular weight is 317 g/mol. The second-order valence-electron chi connectivity index (χ2n) is 4.93. The Morgan fingerprint density at radius 1 is 1.30 bits per heavy atom. The molecule has 2 rings (SSSR count). The van der Waals surface area contributed by atoms with Gasteiger partial charge in [-0.15, -0.1) is 0 Å². The molecule has 1 aromatic carbocycles. The van der Waals surface area contributed by atoms with Gasteiger partial charge in [-0.1, -0.05) is 11.6 Å². The molecule has 0 saturated heterocycles. The van der Waals surface area contributed by atoms with Crippen molar-refractivity contribution in [2.75, 3.05) is 25.6 Å². The fourth-order valence-corrected chi connectivity index (χ4v) is 2.95. The van der Waals surface area contributed by atoms with Crippen LogP contribution in [0, 0.1) is 0 Å². The SMILES string of the molecule is CC(C)OCCSCc1cc(Cl)c2c(c1)OCCCO2. The maximum absolute atomic E-state index is 6.26. The Labute approximate surface area is 129 Å². The predicted octanol–water partition coefficient (Wildman–Crippen LogP) is 4.16. The molecule has 1 heterocycles. The summed E-state index contributed by atoms with van der Waals surface area (Å²) in [7, 11) is 0. The van der Waals surface area contributed by atoms with Crippen LogP contribution in [0.1, 0.15) is 25.8 Å². The maximum Gasteiger partial charge on any atom is 0.179 e. The highest BCUT2D eigenvalue weighted by Crippen LogP contribution is 2.38. The summed E-state index contributed by atoms with van der Waals surface area (Å²) in [4.78, 5) is 0. The number of hydrogen-bond donors (Lipinski definition) is 0. The van der Waals surface area contributed by atoms with E-state index in [0.717, 1.165) is 35.8 Å². The van der Waals surface area contributed by atoms with E-state index in [1.165, 1.54) is 0 Å². The van der Waals surface area contributed by atoms with Gasteiger partial charge in [0.05, 0.1) is 30.9 Å². The van der Waals surface area contributed by atoms with Crippen molar-refractivity contribution in [1.29, 1.82) is 0 Å². The van der Waals surface area contributed by atoms with Gasteiger partial charge >= 0.3 is 0 Å². The van der Waals surface area contributed by atoms with Crippen LogP contribution in [0.2, 0.25) is 5.02 Å². The smallest absolute Gasteiger partial charge is 0.179 e. The molecule has 3 nitrogen and oxygen atoms in total. The molecule has 0 aromatic heterocycles. The lowest BCUT2D eigenvalue weighted by Gasteiger charge is -2.12. The fourth-order valence-electron chi connectivity index (χ4n) is 1.90. The molecule has 20 heavy (non-hydrogen) atoms. The Morgan fingerprint density at radius 2 is 2.10 bits per heavy atom. The van der Waals surface area contributed by atoms with Gasteiger partial charge in [-0.3, -0.25) is 0 Å². The lowest BCUT2D eigenvalue weighted by Crippen LogP contribution is -2.05. The highest BCUT2D eigenvalue weighted by Gasteiger charge is 2.15. The highest BCUT2D eigenvalue weighted by molar-refractivity contribution is 7.98. The van der Waals surface area contributed by atoms with Crippen molar-refractivity contribution in [2.45, 2.75) is 32.1 Å². The molecule has 0 unspecified atom stereocenters. The molecule has 0 bridgehead atoms. The summed E-state index contributed by atoms with van der Waals surface area (Å²) in [5.41, 5.74) is 1.16. The first-order valence-corrected chi connectivity index (χ1v) is 8.47. The van der Waals surface area contributed by atoms with Crippen molar-refractivity contribution >= 4 is 23.4 Å². The van der Waals surface area contributed by atoms with Gasteiger partial charge in [0.2, 0.25) is 0 Å². The first-order valence-electron chi connectivity index (χ1n) is 6.94. The Hall–Kier alpha value is -0.580. The van der Waals surface area contributed by atoms with E-state index >= 15 is 0 Å². The minimum absolute atomic E-state index is 0.295. The molecule has 0 spiro atoms. The van der Waals surface area contributed by atoms with Crippen molar-refractivity contribution in [3.8, 4) is 11.5 Å². The number of thioether (sulfide) groups is 1. The van der Waals surface area contributed by atoms with Crippen LogP contribution in [0.15, 0.2) is 12.1 Å². The third-order valence-corrected chi connectivity index (χ3v) is 4.08. The lowest BCUT2D eigenvalue weighted by molar-refractivity contribution is 0.0920. The van der Waals surface area contributed by atoms with E-state index in [1.807, 2.05) is 37.7 Å². The Kier molecular flexibility index (Phi) is 6.33. The monoisotopic (exact) mass is 316 g/mol. The molecule has 0 atom stereocenters. The van der Waals surface area contributed by atoms with Crippen molar-refractivity contribution < 1.29 is 14.2 Å². The number of fused-ring (bicyclic) bond motifs is 1. The van der Waals surface area contributed by atoms with E-state index in [2.05, 4.69) is 0 Å². The molecule has 1 aromatic rings. The molecule has 112 valence electrons. The highest BCUT2D eigenvalue weighted by atomic mass is 35.5. The number of rotatable bonds is 6. The fraction of sp³-hybridized carbons (Fsp3) is 0.600. The maximum atomic E-state index is 6.26. The molecule has 1 aliphatic rings. The molecule has 1 aliphatic heterocycles. The topological polar surface area (TPSA) is 27.7 Å².